The molecule has 0 saturated heterocycles. The fourth-order valence-electron chi connectivity index (χ4n) is 4.67. The lowest BCUT2D eigenvalue weighted by Gasteiger charge is -2.15. The average molecular weight is 708 g/mol. The van der Waals surface area contributed by atoms with E-state index in [-0.39, 0.29) is 17.3 Å². The molecule has 0 aliphatic rings. The van der Waals surface area contributed by atoms with Crippen molar-refractivity contribution < 1.29 is 24.0 Å². The number of aromatic nitrogens is 1. The van der Waals surface area contributed by atoms with Crippen molar-refractivity contribution in [1.82, 2.24) is 10.3 Å². The summed E-state index contributed by atoms with van der Waals surface area (Å²) in [6, 6.07) is 28.7. The maximum atomic E-state index is 13.5. The predicted octanol–water partition coefficient (Wildman–Crippen LogP) is 8.04. The zero-order valence-corrected chi connectivity index (χ0v) is 28.8. The molecule has 50 heavy (non-hydrogen) atoms. The summed E-state index contributed by atoms with van der Waals surface area (Å²) in [5.41, 5.74) is 2.76. The average Bonchev–Trinajstić information content (AvgIpc) is 3.59. The summed E-state index contributed by atoms with van der Waals surface area (Å²) in [4.78, 5) is 55.7. The van der Waals surface area contributed by atoms with Crippen LogP contribution in [-0.2, 0) is 9.59 Å². The first-order valence-corrected chi connectivity index (χ1v) is 17.4. The number of hydrogen-bond acceptors (Lipinski definition) is 9. The number of rotatable bonds is 14. The predicted molar refractivity (Wildman–Crippen MR) is 197 cm³/mol. The zero-order chi connectivity index (χ0) is 35.5. The third kappa shape index (κ3) is 9.65. The Morgan fingerprint density at radius 2 is 1.68 bits per heavy atom. The number of amides is 3. The Bertz CT molecular complexity index is 2000. The van der Waals surface area contributed by atoms with Crippen LogP contribution < -0.4 is 20.7 Å². The van der Waals surface area contributed by atoms with Crippen LogP contribution in [0.2, 0.25) is 0 Å². The minimum atomic E-state index is -0.605. The van der Waals surface area contributed by atoms with E-state index in [0.29, 0.717) is 35.0 Å². The molecule has 254 valence electrons. The van der Waals surface area contributed by atoms with Crippen LogP contribution in [-0.4, -0.2) is 39.5 Å². The van der Waals surface area contributed by atoms with E-state index in [9.17, 15) is 24.5 Å². The number of nitrogens with one attached hydrogen (secondary N) is 3. The highest BCUT2D eigenvalue weighted by molar-refractivity contribution is 8.00. The minimum absolute atomic E-state index is 0.0652. The summed E-state index contributed by atoms with van der Waals surface area (Å²) in [6.45, 7) is 4.43. The molecule has 1 unspecified atom stereocenters. The second kappa shape index (κ2) is 17.0. The van der Waals surface area contributed by atoms with Crippen molar-refractivity contribution in [2.75, 3.05) is 17.2 Å². The maximum absolute atomic E-state index is 13.5. The van der Waals surface area contributed by atoms with E-state index in [4.69, 9.17) is 4.74 Å². The number of thioether (sulfide) groups is 1. The maximum Gasteiger partial charge on any atom is 0.272 e. The lowest BCUT2D eigenvalue weighted by atomic mass is 10.1. The molecular formula is C37H33N5O6S2. The number of ether oxygens (including phenoxy) is 1. The molecule has 4 aromatic carbocycles. The highest BCUT2D eigenvalue weighted by atomic mass is 32.2. The topological polar surface area (TPSA) is 153 Å². The van der Waals surface area contributed by atoms with Crippen LogP contribution in [0.4, 0.5) is 16.5 Å². The van der Waals surface area contributed by atoms with E-state index in [1.54, 1.807) is 48.5 Å². The van der Waals surface area contributed by atoms with Crippen molar-refractivity contribution in [3.05, 3.63) is 135 Å². The van der Waals surface area contributed by atoms with Crippen molar-refractivity contribution >= 4 is 63.4 Å². The van der Waals surface area contributed by atoms with Crippen LogP contribution >= 0.6 is 23.1 Å². The number of nitrogens with zero attached hydrogens (tertiary/aromatic N) is 2. The lowest BCUT2D eigenvalue weighted by Crippen LogP contribution is -2.30. The van der Waals surface area contributed by atoms with Gasteiger partial charge in [0.2, 0.25) is 5.91 Å². The molecule has 3 amide bonds. The van der Waals surface area contributed by atoms with Gasteiger partial charge in [0.25, 0.3) is 17.5 Å². The Morgan fingerprint density at radius 3 is 2.36 bits per heavy atom. The Labute approximate surface area is 297 Å². The number of carbonyl (C=O) groups excluding carboxylic acids is 3. The number of nitro groups is 1. The summed E-state index contributed by atoms with van der Waals surface area (Å²) in [5, 5.41) is 21.4. The number of thiazole rings is 1. The Hall–Kier alpha value is -5.79. The number of hydrogen-bond donors (Lipinski definition) is 3. The molecular weight excluding hydrogens is 675 g/mol. The monoisotopic (exact) mass is 707 g/mol. The van der Waals surface area contributed by atoms with Gasteiger partial charge in [-0.3, -0.25) is 24.5 Å². The standard InChI is InChI=1S/C37H33N5O6S2/c1-3-33(36(45)41-37-40-32(23-49-37)25-15-19-29(20-16-25)48-4-2)50-30-12-8-11-27(22-30)38-35(44)31(39-34(43)26-9-6-5-7-10-26)21-24-13-17-28(18-14-24)42(46)47/h5-23,33H,3-4H2,1-2H3,(H,38,44)(H,39,43)(H,40,41,45)/b31-21+. The first-order valence-electron chi connectivity index (χ1n) is 15.6. The largest absolute Gasteiger partial charge is 0.494 e. The van der Waals surface area contributed by atoms with Gasteiger partial charge in [-0.2, -0.15) is 0 Å². The minimum Gasteiger partial charge on any atom is -0.494 e. The molecule has 0 radical (unpaired) electrons. The first-order chi connectivity index (χ1) is 24.2. The molecule has 1 heterocycles. The molecule has 0 fully saturated rings. The zero-order valence-electron chi connectivity index (χ0n) is 27.1. The molecule has 0 spiro atoms. The smallest absolute Gasteiger partial charge is 0.272 e. The van der Waals surface area contributed by atoms with Crippen LogP contribution in [0.5, 0.6) is 5.75 Å². The van der Waals surface area contributed by atoms with E-state index < -0.39 is 22.0 Å². The van der Waals surface area contributed by atoms with E-state index in [0.717, 1.165) is 21.9 Å². The number of nitro benzene ring substituents is 1. The summed E-state index contributed by atoms with van der Waals surface area (Å²) in [7, 11) is 0. The second-order valence-corrected chi connectivity index (χ2v) is 12.8. The number of benzene rings is 4. The van der Waals surface area contributed by atoms with Crippen LogP contribution in [0, 0.1) is 10.1 Å². The van der Waals surface area contributed by atoms with Gasteiger partial charge >= 0.3 is 0 Å². The van der Waals surface area contributed by atoms with Crippen molar-refractivity contribution in [3.63, 3.8) is 0 Å². The molecule has 5 rings (SSSR count). The third-order valence-corrected chi connectivity index (χ3v) is 9.29. The van der Waals surface area contributed by atoms with E-state index in [1.807, 2.05) is 49.6 Å². The molecule has 11 nitrogen and oxygen atoms in total. The highest BCUT2D eigenvalue weighted by Crippen LogP contribution is 2.31. The molecule has 13 heteroatoms. The van der Waals surface area contributed by atoms with Gasteiger partial charge in [-0.25, -0.2) is 4.98 Å². The lowest BCUT2D eigenvalue weighted by molar-refractivity contribution is -0.384. The number of carbonyl (C=O) groups is 3. The van der Waals surface area contributed by atoms with Gasteiger partial charge in [0.1, 0.15) is 11.4 Å². The molecule has 0 aliphatic heterocycles. The van der Waals surface area contributed by atoms with Crippen molar-refractivity contribution in [2.24, 2.45) is 0 Å². The Balaban J connectivity index is 1.27. The van der Waals surface area contributed by atoms with Gasteiger partial charge in [0.05, 0.1) is 22.5 Å². The molecule has 0 aliphatic carbocycles. The van der Waals surface area contributed by atoms with Gasteiger partial charge in [-0.05, 0) is 91.7 Å². The number of non-ortho nitro benzene ring substituents is 1. The van der Waals surface area contributed by atoms with Gasteiger partial charge in [-0.15, -0.1) is 23.1 Å². The fraction of sp³-hybridized carbons (Fsp3) is 0.135. The molecule has 5 aromatic rings. The second-order valence-electron chi connectivity index (χ2n) is 10.7. The quantitative estimate of drug-likeness (QED) is 0.0454. The summed E-state index contributed by atoms with van der Waals surface area (Å²) >= 11 is 2.69. The van der Waals surface area contributed by atoms with Gasteiger partial charge in [-0.1, -0.05) is 31.2 Å². The SMILES string of the molecule is CCOc1ccc(-c2csc(NC(=O)C(CC)Sc3cccc(NC(=O)/C(=C\c4ccc([N+](=O)[O-])cc4)NC(=O)c4ccccc4)c3)n2)cc1. The molecule has 0 saturated carbocycles. The fourth-order valence-corrected chi connectivity index (χ4v) is 6.41. The molecule has 0 bridgehead atoms. The Kier molecular flexibility index (Phi) is 12.1. The van der Waals surface area contributed by atoms with Crippen LogP contribution in [0.1, 0.15) is 36.2 Å². The number of anilines is 2. The Morgan fingerprint density at radius 1 is 0.940 bits per heavy atom. The van der Waals surface area contributed by atoms with Gasteiger partial charge < -0.3 is 20.7 Å². The van der Waals surface area contributed by atoms with Crippen LogP contribution in [0.3, 0.4) is 0 Å². The summed E-state index contributed by atoms with van der Waals surface area (Å²) in [6.07, 6.45) is 1.98. The van der Waals surface area contributed by atoms with E-state index in [1.165, 1.54) is 53.4 Å². The van der Waals surface area contributed by atoms with Gasteiger partial charge in [0, 0.05) is 39.2 Å². The molecule has 1 aromatic heterocycles. The highest BCUT2D eigenvalue weighted by Gasteiger charge is 2.21. The van der Waals surface area contributed by atoms with Crippen LogP contribution in [0.15, 0.2) is 119 Å². The first kappa shape index (κ1) is 35.5. The normalized spacial score (nSPS) is 11.7. The van der Waals surface area contributed by atoms with E-state index in [2.05, 4.69) is 20.9 Å². The van der Waals surface area contributed by atoms with Crippen molar-refractivity contribution in [2.45, 2.75) is 30.4 Å². The van der Waals surface area contributed by atoms with Crippen molar-refractivity contribution in [1.29, 1.82) is 0 Å². The molecule has 1 atom stereocenters. The van der Waals surface area contributed by atoms with Gasteiger partial charge in [0.15, 0.2) is 5.13 Å². The van der Waals surface area contributed by atoms with E-state index >= 15 is 0 Å². The summed E-state index contributed by atoms with van der Waals surface area (Å²) in [5.74, 6) is -0.523. The molecule has 3 N–H and O–H groups in total. The van der Waals surface area contributed by atoms with Crippen LogP contribution in [0.25, 0.3) is 17.3 Å². The third-order valence-electron chi connectivity index (χ3n) is 7.17. The van der Waals surface area contributed by atoms with Crippen molar-refractivity contribution in [3.8, 4) is 17.0 Å². The summed E-state index contributed by atoms with van der Waals surface area (Å²) < 4.78 is 5.51.